The van der Waals surface area contributed by atoms with E-state index in [9.17, 15) is 10.2 Å². The second kappa shape index (κ2) is 16.2. The molecule has 2 aliphatic carbocycles. The summed E-state index contributed by atoms with van der Waals surface area (Å²) in [5, 5.41) is 24.9. The Balaban J connectivity index is 2.00. The van der Waals surface area contributed by atoms with Crippen LogP contribution in [0.3, 0.4) is 0 Å². The molecule has 7 heteroatoms. The van der Waals surface area contributed by atoms with Crippen LogP contribution in [0.4, 0.5) is 0 Å². The number of rotatable bonds is 16. The van der Waals surface area contributed by atoms with Gasteiger partial charge in [0.15, 0.2) is 0 Å². The van der Waals surface area contributed by atoms with Gasteiger partial charge in [0.2, 0.25) is 12.0 Å². The zero-order valence-corrected chi connectivity index (χ0v) is 23.2. The normalized spacial score (nSPS) is 24.3. The molecule has 0 saturated heterocycles. The van der Waals surface area contributed by atoms with Crippen molar-refractivity contribution in [2.75, 3.05) is 26.4 Å². The van der Waals surface area contributed by atoms with Crippen LogP contribution < -0.4 is 5.32 Å². The van der Waals surface area contributed by atoms with Crippen molar-refractivity contribution < 1.29 is 19.7 Å². The lowest BCUT2D eigenvalue weighted by atomic mass is 9.73. The second-order valence-corrected chi connectivity index (χ2v) is 12.1. The van der Waals surface area contributed by atoms with E-state index < -0.39 is 17.6 Å². The smallest absolute Gasteiger partial charge is 0.217 e. The van der Waals surface area contributed by atoms with Crippen LogP contribution in [0.15, 0.2) is 37.0 Å². The van der Waals surface area contributed by atoms with E-state index in [4.69, 9.17) is 9.47 Å². The molecule has 0 aliphatic heterocycles. The van der Waals surface area contributed by atoms with Gasteiger partial charge in [-0.25, -0.2) is 4.90 Å². The van der Waals surface area contributed by atoms with Gasteiger partial charge in [-0.05, 0) is 90.0 Å². The highest BCUT2D eigenvalue weighted by Crippen LogP contribution is 2.35. The molecule has 6 nitrogen and oxygen atoms in total. The van der Waals surface area contributed by atoms with Gasteiger partial charge in [-0.15, -0.1) is 6.58 Å². The van der Waals surface area contributed by atoms with Crippen LogP contribution in [-0.4, -0.2) is 64.4 Å². The fraction of sp³-hybridized carbons (Fsp3) is 0.786. The minimum atomic E-state index is -1.04. The summed E-state index contributed by atoms with van der Waals surface area (Å²) in [6.45, 7) is 13.9. The second-order valence-electron chi connectivity index (χ2n) is 10.8. The van der Waals surface area contributed by atoms with Crippen LogP contribution in [0.5, 0.6) is 0 Å². The number of nitrogens with zero attached hydrogens (tertiary/aromatic N) is 1. The van der Waals surface area contributed by atoms with Crippen LogP contribution in [0.25, 0.3) is 0 Å². The van der Waals surface area contributed by atoms with Crippen LogP contribution in [0.1, 0.15) is 72.6 Å². The van der Waals surface area contributed by atoms with Gasteiger partial charge in [-0.1, -0.05) is 49.1 Å². The third-order valence-corrected chi connectivity index (χ3v) is 7.98. The average Bonchev–Trinajstić information content (AvgIpc) is 2.83. The highest BCUT2D eigenvalue weighted by Gasteiger charge is 2.30. The molecule has 35 heavy (non-hydrogen) atoms. The van der Waals surface area contributed by atoms with E-state index in [0.29, 0.717) is 31.0 Å². The molecule has 0 aromatic rings. The lowest BCUT2D eigenvalue weighted by Crippen LogP contribution is -2.48. The van der Waals surface area contributed by atoms with Gasteiger partial charge in [0, 0.05) is 11.8 Å². The topological polar surface area (TPSA) is 74.2 Å². The Kier molecular flexibility index (Phi) is 14.2. The molecular weight excluding hydrogens is 460 g/mol. The lowest BCUT2D eigenvalue weighted by Gasteiger charge is -2.36. The Morgan fingerprint density at radius 1 is 1.20 bits per heavy atom. The number of allylic oxidation sites excluding steroid dienone is 4. The fourth-order valence-electron chi connectivity index (χ4n) is 4.96. The molecule has 202 valence electrons. The van der Waals surface area contributed by atoms with Gasteiger partial charge in [0.05, 0.1) is 18.9 Å². The Hall–Kier alpha value is -0.670. The summed E-state index contributed by atoms with van der Waals surface area (Å²) < 4.78 is 11.3. The third kappa shape index (κ3) is 11.9. The molecule has 6 atom stereocenters. The zero-order valence-electron chi connectivity index (χ0n) is 22.4. The molecule has 0 heterocycles. The first-order valence-electron chi connectivity index (χ1n) is 13.4. The Bertz CT molecular complexity index is 651. The first-order valence-corrected chi connectivity index (χ1v) is 14.4. The number of aliphatic hydroxyl groups is 2. The van der Waals surface area contributed by atoms with Crippen molar-refractivity contribution in [3.63, 3.8) is 0 Å². The van der Waals surface area contributed by atoms with Gasteiger partial charge in [0.25, 0.3) is 0 Å². The third-order valence-electron chi connectivity index (χ3n) is 6.78. The molecule has 0 spiro atoms. The van der Waals surface area contributed by atoms with E-state index in [-0.39, 0.29) is 11.9 Å². The van der Waals surface area contributed by atoms with Crippen molar-refractivity contribution in [2.24, 2.45) is 17.8 Å². The first-order chi connectivity index (χ1) is 16.7. The van der Waals surface area contributed by atoms with E-state index in [1.807, 2.05) is 25.7 Å². The van der Waals surface area contributed by atoms with E-state index >= 15 is 0 Å². The summed E-state index contributed by atoms with van der Waals surface area (Å²) in [7, 11) is 0. The monoisotopic (exact) mass is 510 g/mol. The number of nitrogens with one attached hydrogen (secondary N) is 1. The van der Waals surface area contributed by atoms with Crippen molar-refractivity contribution >= 4 is 11.8 Å². The van der Waals surface area contributed by atoms with Crippen LogP contribution in [-0.2, 0) is 9.47 Å². The highest BCUT2D eigenvalue weighted by molar-refractivity contribution is 8.00. The van der Waals surface area contributed by atoms with Gasteiger partial charge >= 0.3 is 0 Å². The van der Waals surface area contributed by atoms with Crippen molar-refractivity contribution in [1.82, 2.24) is 10.2 Å². The van der Waals surface area contributed by atoms with E-state index in [2.05, 4.69) is 43.1 Å². The summed E-state index contributed by atoms with van der Waals surface area (Å²) >= 11 is 1.39. The minimum Gasteiger partial charge on any atom is -0.360 e. The van der Waals surface area contributed by atoms with E-state index in [0.717, 1.165) is 19.4 Å². The minimum absolute atomic E-state index is 0.0803. The quantitative estimate of drug-likeness (QED) is 0.194. The molecule has 5 unspecified atom stereocenters. The summed E-state index contributed by atoms with van der Waals surface area (Å²) in [5.74, 6) is 1.90. The number of thioether (sulfide) groups is 1. The molecule has 0 fully saturated rings. The van der Waals surface area contributed by atoms with Crippen LogP contribution >= 0.6 is 11.8 Å². The molecule has 0 bridgehead atoms. The summed E-state index contributed by atoms with van der Waals surface area (Å²) in [6.07, 6.45) is 18.2. The largest absolute Gasteiger partial charge is 0.360 e. The summed E-state index contributed by atoms with van der Waals surface area (Å²) in [5.41, 5.74) is -1.34. The van der Waals surface area contributed by atoms with Gasteiger partial charge in [-0.3, -0.25) is 0 Å². The van der Waals surface area contributed by atoms with E-state index in [1.54, 1.807) is 6.08 Å². The maximum Gasteiger partial charge on any atom is 0.217 e. The number of ether oxygens (including phenoxy) is 2. The molecule has 2 rings (SSSR count). The van der Waals surface area contributed by atoms with Crippen molar-refractivity contribution in [3.8, 4) is 0 Å². The van der Waals surface area contributed by atoms with Crippen molar-refractivity contribution in [3.05, 3.63) is 37.0 Å². The number of aliphatic hydroxyl groups excluding tert-OH is 2. The van der Waals surface area contributed by atoms with Crippen molar-refractivity contribution in [2.45, 2.75) is 95.5 Å². The summed E-state index contributed by atoms with van der Waals surface area (Å²) in [4.78, 5) is 1.91. The first kappa shape index (κ1) is 30.6. The average molecular weight is 511 g/mol. The van der Waals surface area contributed by atoms with Gasteiger partial charge in [-0.2, -0.15) is 0 Å². The molecule has 0 amide bonds. The molecule has 0 aromatic heterocycles. The van der Waals surface area contributed by atoms with Crippen LogP contribution in [0, 0.1) is 17.8 Å². The maximum absolute atomic E-state index is 10.8. The number of hydrogen-bond donors (Lipinski definition) is 3. The SMILES string of the molecule is C=CCOC(O)N(CNCC(C1C=CCCC1)C1CC=CCC1)C[C@H](CC)SC(O)OC(C)(C)C. The highest BCUT2D eigenvalue weighted by atomic mass is 32.2. The Morgan fingerprint density at radius 2 is 2.00 bits per heavy atom. The predicted octanol–water partition coefficient (Wildman–Crippen LogP) is 5.25. The molecule has 0 aromatic carbocycles. The van der Waals surface area contributed by atoms with Crippen molar-refractivity contribution in [1.29, 1.82) is 0 Å². The molecule has 0 saturated carbocycles. The predicted molar refractivity (Wildman–Crippen MR) is 147 cm³/mol. The number of hydrogen-bond acceptors (Lipinski definition) is 7. The summed E-state index contributed by atoms with van der Waals surface area (Å²) in [6, 6.07) is 0. The van der Waals surface area contributed by atoms with Crippen LogP contribution in [0.2, 0.25) is 0 Å². The Morgan fingerprint density at radius 3 is 2.60 bits per heavy atom. The van der Waals surface area contributed by atoms with Gasteiger partial charge in [0.1, 0.15) is 0 Å². The lowest BCUT2D eigenvalue weighted by molar-refractivity contribution is -0.188. The molecule has 2 aliphatic rings. The maximum atomic E-state index is 10.8. The van der Waals surface area contributed by atoms with Gasteiger partial charge < -0.3 is 25.0 Å². The molecule has 0 radical (unpaired) electrons. The fourth-order valence-corrected chi connectivity index (χ4v) is 6.10. The molecular formula is C28H50N2O4S. The molecule has 3 N–H and O–H groups in total. The zero-order chi connectivity index (χ0) is 25.7. The Labute approximate surface area is 218 Å². The standard InChI is InChI=1S/C28H50N2O4S/c1-6-18-33-26(31)30(20-24(7-2)35-27(32)34-28(3,4)5)21-29-19-25(22-14-10-8-11-15-22)23-16-12-9-13-17-23/h6,8,10,12,16,22-27,29,31-32H,1,7,9,11,13-15,17-21H2,2-5H3/t22?,23?,24-,25?,26?,27?/m0/s1. The van der Waals surface area contributed by atoms with E-state index in [1.165, 1.54) is 43.9 Å².